The summed E-state index contributed by atoms with van der Waals surface area (Å²) in [7, 11) is 0. The monoisotopic (exact) mass is 349 g/mol. The summed E-state index contributed by atoms with van der Waals surface area (Å²) < 4.78 is 15.1. The van der Waals surface area contributed by atoms with Gasteiger partial charge in [-0.3, -0.25) is 4.79 Å². The van der Waals surface area contributed by atoms with Crippen molar-refractivity contribution < 1.29 is 4.39 Å². The second kappa shape index (κ2) is 5.94. The Labute approximate surface area is 150 Å². The average molecular weight is 349 g/mol. The SMILES string of the molecule is O=c1ccc2cnc(Nc3ccc(F)cc3)cc2n1C1CC2CCC1C2. The van der Waals surface area contributed by atoms with Crippen LogP contribution < -0.4 is 10.9 Å². The number of halogens is 1. The minimum absolute atomic E-state index is 0.0639. The quantitative estimate of drug-likeness (QED) is 0.749. The van der Waals surface area contributed by atoms with Crippen LogP contribution in [0.5, 0.6) is 0 Å². The lowest BCUT2D eigenvalue weighted by Crippen LogP contribution is -2.27. The van der Waals surface area contributed by atoms with Gasteiger partial charge in [0.2, 0.25) is 0 Å². The van der Waals surface area contributed by atoms with Crippen molar-refractivity contribution in [3.05, 3.63) is 64.8 Å². The van der Waals surface area contributed by atoms with Crippen molar-refractivity contribution in [3.63, 3.8) is 0 Å². The highest BCUT2D eigenvalue weighted by Crippen LogP contribution is 2.50. The summed E-state index contributed by atoms with van der Waals surface area (Å²) in [5, 5.41) is 4.17. The van der Waals surface area contributed by atoms with Crippen LogP contribution in [0.2, 0.25) is 0 Å². The Balaban J connectivity index is 1.57. The van der Waals surface area contributed by atoms with E-state index in [0.717, 1.165) is 28.9 Å². The molecule has 2 aliphatic carbocycles. The fourth-order valence-electron chi connectivity index (χ4n) is 4.77. The molecule has 0 aliphatic heterocycles. The minimum atomic E-state index is -0.271. The summed E-state index contributed by atoms with van der Waals surface area (Å²) in [6.07, 6.45) is 6.68. The number of benzene rings is 1. The van der Waals surface area contributed by atoms with Gasteiger partial charge in [0, 0.05) is 35.4 Å². The Hall–Kier alpha value is -2.69. The van der Waals surface area contributed by atoms with E-state index in [1.54, 1.807) is 24.4 Å². The fraction of sp³-hybridized carbons (Fsp3) is 0.333. The molecule has 0 spiro atoms. The molecule has 1 aromatic carbocycles. The molecule has 26 heavy (non-hydrogen) atoms. The van der Waals surface area contributed by atoms with Gasteiger partial charge in [-0.25, -0.2) is 9.37 Å². The Morgan fingerprint density at radius 1 is 1.08 bits per heavy atom. The lowest BCUT2D eigenvalue weighted by atomic mass is 9.94. The first kappa shape index (κ1) is 15.6. The predicted octanol–water partition coefficient (Wildman–Crippen LogP) is 4.64. The van der Waals surface area contributed by atoms with E-state index in [1.807, 2.05) is 16.7 Å². The van der Waals surface area contributed by atoms with Crippen molar-refractivity contribution in [1.29, 1.82) is 0 Å². The number of hydrogen-bond donors (Lipinski definition) is 1. The molecule has 132 valence electrons. The number of aromatic nitrogens is 2. The van der Waals surface area contributed by atoms with E-state index in [0.29, 0.717) is 17.8 Å². The highest BCUT2D eigenvalue weighted by molar-refractivity contribution is 5.81. The first-order chi connectivity index (χ1) is 12.7. The molecule has 3 unspecified atom stereocenters. The van der Waals surface area contributed by atoms with Gasteiger partial charge < -0.3 is 9.88 Å². The number of fused-ring (bicyclic) bond motifs is 3. The van der Waals surface area contributed by atoms with Gasteiger partial charge in [-0.05, 0) is 61.4 Å². The molecule has 2 fully saturated rings. The van der Waals surface area contributed by atoms with Gasteiger partial charge in [0.1, 0.15) is 11.6 Å². The summed E-state index contributed by atoms with van der Waals surface area (Å²) in [4.78, 5) is 17.1. The molecule has 4 nitrogen and oxygen atoms in total. The molecule has 3 aromatic rings. The standard InChI is InChI=1S/C21H20FN3O/c22-16-4-6-17(7-5-16)24-20-11-19-15(12-23-20)3-8-21(26)25(19)18-10-13-1-2-14(18)9-13/h3-8,11-14,18H,1-2,9-10H2,(H,23,24). The number of rotatable bonds is 3. The second-order valence-electron chi connectivity index (χ2n) is 7.54. The topological polar surface area (TPSA) is 46.9 Å². The van der Waals surface area contributed by atoms with Gasteiger partial charge in [-0.1, -0.05) is 6.42 Å². The molecule has 2 bridgehead atoms. The predicted molar refractivity (Wildman–Crippen MR) is 100 cm³/mol. The number of nitrogens with zero attached hydrogens (tertiary/aromatic N) is 2. The van der Waals surface area contributed by atoms with Crippen LogP contribution in [0, 0.1) is 17.7 Å². The van der Waals surface area contributed by atoms with Crippen LogP contribution in [0.3, 0.4) is 0 Å². The molecule has 3 atom stereocenters. The third-order valence-corrected chi connectivity index (χ3v) is 5.96. The van der Waals surface area contributed by atoms with E-state index in [1.165, 1.54) is 31.4 Å². The van der Waals surface area contributed by atoms with E-state index in [9.17, 15) is 9.18 Å². The Bertz CT molecular complexity index is 1030. The smallest absolute Gasteiger partial charge is 0.251 e. The molecule has 5 heteroatoms. The maximum atomic E-state index is 13.1. The third-order valence-electron chi connectivity index (χ3n) is 5.96. The van der Waals surface area contributed by atoms with E-state index in [4.69, 9.17) is 0 Å². The van der Waals surface area contributed by atoms with Crippen molar-refractivity contribution in [2.45, 2.75) is 31.7 Å². The van der Waals surface area contributed by atoms with Gasteiger partial charge in [-0.2, -0.15) is 0 Å². The van der Waals surface area contributed by atoms with E-state index in [-0.39, 0.29) is 11.4 Å². The van der Waals surface area contributed by atoms with Gasteiger partial charge in [0.05, 0.1) is 5.52 Å². The second-order valence-corrected chi connectivity index (χ2v) is 7.54. The van der Waals surface area contributed by atoms with Gasteiger partial charge in [0.15, 0.2) is 0 Å². The normalized spacial score (nSPS) is 24.3. The fourth-order valence-corrected chi connectivity index (χ4v) is 4.77. The molecular weight excluding hydrogens is 329 g/mol. The van der Waals surface area contributed by atoms with E-state index >= 15 is 0 Å². The van der Waals surface area contributed by atoms with Crippen molar-refractivity contribution >= 4 is 22.4 Å². The zero-order valence-electron chi connectivity index (χ0n) is 14.4. The van der Waals surface area contributed by atoms with Crippen LogP contribution in [-0.2, 0) is 0 Å². The van der Waals surface area contributed by atoms with Crippen molar-refractivity contribution in [3.8, 4) is 0 Å². The maximum absolute atomic E-state index is 13.1. The third kappa shape index (κ3) is 2.59. The molecule has 2 aromatic heterocycles. The van der Waals surface area contributed by atoms with Gasteiger partial charge >= 0.3 is 0 Å². The molecule has 0 saturated heterocycles. The Kier molecular flexibility index (Phi) is 3.55. The largest absolute Gasteiger partial charge is 0.340 e. The molecule has 2 saturated carbocycles. The lowest BCUT2D eigenvalue weighted by molar-refractivity contribution is 0.330. The molecular formula is C21H20FN3O. The van der Waals surface area contributed by atoms with Crippen LogP contribution in [0.4, 0.5) is 15.9 Å². The van der Waals surface area contributed by atoms with Crippen molar-refractivity contribution in [2.75, 3.05) is 5.32 Å². The maximum Gasteiger partial charge on any atom is 0.251 e. The van der Waals surface area contributed by atoms with Crippen LogP contribution >= 0.6 is 0 Å². The number of nitrogens with one attached hydrogen (secondary N) is 1. The average Bonchev–Trinajstić information content (AvgIpc) is 3.27. The van der Waals surface area contributed by atoms with E-state index in [2.05, 4.69) is 10.3 Å². The summed E-state index contributed by atoms with van der Waals surface area (Å²) in [6, 6.07) is 11.9. The zero-order valence-corrected chi connectivity index (χ0v) is 14.4. The lowest BCUT2D eigenvalue weighted by Gasteiger charge is -2.25. The van der Waals surface area contributed by atoms with Crippen LogP contribution in [-0.4, -0.2) is 9.55 Å². The molecule has 0 amide bonds. The van der Waals surface area contributed by atoms with E-state index < -0.39 is 0 Å². The van der Waals surface area contributed by atoms with Gasteiger partial charge in [-0.15, -0.1) is 0 Å². The molecule has 2 aliphatic rings. The molecule has 0 radical (unpaired) electrons. The van der Waals surface area contributed by atoms with Crippen molar-refractivity contribution in [2.24, 2.45) is 11.8 Å². The first-order valence-electron chi connectivity index (χ1n) is 9.21. The highest BCUT2D eigenvalue weighted by Gasteiger charge is 2.41. The number of anilines is 2. The van der Waals surface area contributed by atoms with Crippen LogP contribution in [0.25, 0.3) is 10.9 Å². The number of hydrogen-bond acceptors (Lipinski definition) is 3. The summed E-state index contributed by atoms with van der Waals surface area (Å²) in [6.45, 7) is 0. The summed E-state index contributed by atoms with van der Waals surface area (Å²) in [5.41, 5.74) is 1.76. The summed E-state index contributed by atoms with van der Waals surface area (Å²) >= 11 is 0. The zero-order chi connectivity index (χ0) is 17.7. The summed E-state index contributed by atoms with van der Waals surface area (Å²) in [5.74, 6) is 1.77. The molecule has 2 heterocycles. The van der Waals surface area contributed by atoms with Gasteiger partial charge in [0.25, 0.3) is 5.56 Å². The number of pyridine rings is 2. The molecule has 1 N–H and O–H groups in total. The van der Waals surface area contributed by atoms with Crippen LogP contribution in [0.1, 0.15) is 31.7 Å². The first-order valence-corrected chi connectivity index (χ1v) is 9.21. The van der Waals surface area contributed by atoms with Crippen molar-refractivity contribution in [1.82, 2.24) is 9.55 Å². The Morgan fingerprint density at radius 3 is 2.65 bits per heavy atom. The molecule has 5 rings (SSSR count). The highest BCUT2D eigenvalue weighted by atomic mass is 19.1. The Morgan fingerprint density at radius 2 is 1.92 bits per heavy atom. The minimum Gasteiger partial charge on any atom is -0.340 e. The van der Waals surface area contributed by atoms with Crippen LogP contribution in [0.15, 0.2) is 53.5 Å².